The monoisotopic (exact) mass is 362 g/mol. The molecule has 1 unspecified atom stereocenters. The second-order valence-electron chi connectivity index (χ2n) is 7.58. The fourth-order valence-electron chi connectivity index (χ4n) is 4.32. The molecule has 1 aromatic carbocycles. The van der Waals surface area contributed by atoms with Crippen LogP contribution in [0.3, 0.4) is 0 Å². The Morgan fingerprint density at radius 1 is 1.08 bits per heavy atom. The first kappa shape index (κ1) is 18.7. The van der Waals surface area contributed by atoms with Crippen LogP contribution in [0, 0.1) is 17.7 Å². The topological polar surface area (TPSA) is 78.4 Å². The molecule has 2 fully saturated rings. The summed E-state index contributed by atoms with van der Waals surface area (Å²) >= 11 is 0. The maximum Gasteiger partial charge on any atom is 0.315 e. The average molecular weight is 362 g/mol. The summed E-state index contributed by atoms with van der Waals surface area (Å²) < 4.78 is 13.7. The Bertz CT molecular complexity index is 638. The number of carbonyl (C=O) groups is 2. The van der Waals surface area contributed by atoms with Crippen LogP contribution >= 0.6 is 0 Å². The molecule has 26 heavy (non-hydrogen) atoms. The van der Waals surface area contributed by atoms with E-state index >= 15 is 0 Å². The lowest BCUT2D eigenvalue weighted by Gasteiger charge is -2.29. The molecule has 0 heterocycles. The first-order valence-corrected chi connectivity index (χ1v) is 9.58. The standard InChI is InChI=1S/C20H27FN2O3/c21-16-7-3-6-15(12-16)18(13-4-1-2-5-13)23-20(26)22-17-10-8-14(9-11-17)19(24)25/h3,6-7,12-14,17-18H,1-2,4-5,8-11H2,(H,24,25)(H2,22,23,26). The van der Waals surface area contributed by atoms with Crippen molar-refractivity contribution in [3.8, 4) is 0 Å². The van der Waals surface area contributed by atoms with Gasteiger partial charge in [-0.2, -0.15) is 0 Å². The largest absolute Gasteiger partial charge is 0.481 e. The molecule has 0 aromatic heterocycles. The van der Waals surface area contributed by atoms with Gasteiger partial charge in [-0.15, -0.1) is 0 Å². The summed E-state index contributed by atoms with van der Waals surface area (Å²) in [4.78, 5) is 23.5. The number of rotatable bonds is 5. The molecule has 3 N–H and O–H groups in total. The van der Waals surface area contributed by atoms with E-state index in [1.807, 2.05) is 6.07 Å². The van der Waals surface area contributed by atoms with Crippen LogP contribution in [0.1, 0.15) is 63.0 Å². The van der Waals surface area contributed by atoms with Crippen LogP contribution < -0.4 is 10.6 Å². The van der Waals surface area contributed by atoms with Gasteiger partial charge < -0.3 is 15.7 Å². The van der Waals surface area contributed by atoms with E-state index in [4.69, 9.17) is 5.11 Å². The predicted molar refractivity (Wildman–Crippen MR) is 96.1 cm³/mol. The normalized spacial score (nSPS) is 24.8. The third kappa shape index (κ3) is 4.74. The van der Waals surface area contributed by atoms with E-state index < -0.39 is 5.97 Å². The molecular formula is C20H27FN2O3. The maximum atomic E-state index is 13.7. The average Bonchev–Trinajstić information content (AvgIpc) is 3.14. The molecule has 0 saturated heterocycles. The Morgan fingerprint density at radius 2 is 1.77 bits per heavy atom. The van der Waals surface area contributed by atoms with Gasteiger partial charge in [-0.3, -0.25) is 4.79 Å². The predicted octanol–water partition coefficient (Wildman–Crippen LogP) is 4.00. The van der Waals surface area contributed by atoms with Crippen LogP contribution in [0.4, 0.5) is 9.18 Å². The highest BCUT2D eigenvalue weighted by atomic mass is 19.1. The first-order valence-electron chi connectivity index (χ1n) is 9.58. The van der Waals surface area contributed by atoms with Crippen molar-refractivity contribution in [1.82, 2.24) is 10.6 Å². The molecule has 2 saturated carbocycles. The lowest BCUT2D eigenvalue weighted by atomic mass is 9.86. The number of amides is 2. The maximum absolute atomic E-state index is 13.7. The highest BCUT2D eigenvalue weighted by Gasteiger charge is 2.30. The number of carboxylic acids is 1. The van der Waals surface area contributed by atoms with E-state index in [9.17, 15) is 14.0 Å². The van der Waals surface area contributed by atoms with Crippen LogP contribution in [-0.2, 0) is 4.79 Å². The van der Waals surface area contributed by atoms with Gasteiger partial charge in [0.25, 0.3) is 0 Å². The molecule has 3 rings (SSSR count). The van der Waals surface area contributed by atoms with Crippen molar-refractivity contribution in [3.63, 3.8) is 0 Å². The molecule has 0 aliphatic heterocycles. The van der Waals surface area contributed by atoms with Crippen LogP contribution in [0.2, 0.25) is 0 Å². The van der Waals surface area contributed by atoms with Crippen molar-refractivity contribution in [2.24, 2.45) is 11.8 Å². The van der Waals surface area contributed by atoms with Crippen molar-refractivity contribution < 1.29 is 19.1 Å². The lowest BCUT2D eigenvalue weighted by Crippen LogP contribution is -2.46. The lowest BCUT2D eigenvalue weighted by molar-refractivity contribution is -0.142. The number of halogens is 1. The molecule has 6 heteroatoms. The zero-order valence-corrected chi connectivity index (χ0v) is 14.9. The van der Waals surface area contributed by atoms with E-state index in [2.05, 4.69) is 10.6 Å². The molecule has 5 nitrogen and oxygen atoms in total. The minimum atomic E-state index is -0.750. The summed E-state index contributed by atoms with van der Waals surface area (Å²) in [6.07, 6.45) is 6.89. The molecular weight excluding hydrogens is 335 g/mol. The molecule has 0 radical (unpaired) electrons. The van der Waals surface area contributed by atoms with Gasteiger partial charge in [0.1, 0.15) is 5.82 Å². The zero-order chi connectivity index (χ0) is 18.5. The summed E-state index contributed by atoms with van der Waals surface area (Å²) in [6, 6.07) is 6.03. The Hall–Kier alpha value is -2.11. The third-order valence-corrected chi connectivity index (χ3v) is 5.78. The quantitative estimate of drug-likeness (QED) is 0.741. The summed E-state index contributed by atoms with van der Waals surface area (Å²) in [5, 5.41) is 15.1. The van der Waals surface area contributed by atoms with Crippen molar-refractivity contribution >= 4 is 12.0 Å². The number of hydrogen-bond donors (Lipinski definition) is 3. The summed E-state index contributed by atoms with van der Waals surface area (Å²) in [7, 11) is 0. The number of carboxylic acid groups (broad SMARTS) is 1. The van der Waals surface area contributed by atoms with Crippen LogP contribution in [0.15, 0.2) is 24.3 Å². The van der Waals surface area contributed by atoms with E-state index in [1.165, 1.54) is 12.1 Å². The van der Waals surface area contributed by atoms with Crippen molar-refractivity contribution in [1.29, 1.82) is 0 Å². The van der Waals surface area contributed by atoms with Crippen LogP contribution in [0.25, 0.3) is 0 Å². The molecule has 0 spiro atoms. The second kappa shape index (κ2) is 8.52. The molecule has 0 bridgehead atoms. The fourth-order valence-corrected chi connectivity index (χ4v) is 4.32. The van der Waals surface area contributed by atoms with Crippen LogP contribution in [0.5, 0.6) is 0 Å². The van der Waals surface area contributed by atoms with Gasteiger partial charge in [0, 0.05) is 6.04 Å². The van der Waals surface area contributed by atoms with Crippen molar-refractivity contribution in [2.75, 3.05) is 0 Å². The van der Waals surface area contributed by atoms with E-state index in [1.54, 1.807) is 6.07 Å². The smallest absolute Gasteiger partial charge is 0.315 e. The number of carbonyl (C=O) groups excluding carboxylic acids is 1. The van der Waals surface area contributed by atoms with E-state index in [0.717, 1.165) is 31.2 Å². The van der Waals surface area contributed by atoms with Gasteiger partial charge in [-0.05, 0) is 62.1 Å². The van der Waals surface area contributed by atoms with Gasteiger partial charge in [0.05, 0.1) is 12.0 Å². The highest BCUT2D eigenvalue weighted by Crippen LogP contribution is 2.36. The minimum absolute atomic E-state index is 0.00216. The van der Waals surface area contributed by atoms with E-state index in [0.29, 0.717) is 31.6 Å². The number of hydrogen-bond acceptors (Lipinski definition) is 2. The number of benzene rings is 1. The number of nitrogens with one attached hydrogen (secondary N) is 2. The number of aliphatic carboxylic acids is 1. The minimum Gasteiger partial charge on any atom is -0.481 e. The van der Waals surface area contributed by atoms with Crippen molar-refractivity contribution in [2.45, 2.75) is 63.5 Å². The zero-order valence-electron chi connectivity index (χ0n) is 14.9. The van der Waals surface area contributed by atoms with Gasteiger partial charge in [-0.25, -0.2) is 9.18 Å². The summed E-state index contributed by atoms with van der Waals surface area (Å²) in [5.41, 5.74) is 0.807. The molecule has 1 aromatic rings. The van der Waals surface area contributed by atoms with E-state index in [-0.39, 0.29) is 29.8 Å². The Kier molecular flexibility index (Phi) is 6.12. The molecule has 2 amide bonds. The number of urea groups is 1. The molecule has 1 atom stereocenters. The summed E-state index contributed by atoms with van der Waals surface area (Å²) in [5.74, 6) is -1.01. The second-order valence-corrected chi connectivity index (χ2v) is 7.58. The Balaban J connectivity index is 1.60. The van der Waals surface area contributed by atoms with Gasteiger partial charge >= 0.3 is 12.0 Å². The Labute approximate surface area is 153 Å². The van der Waals surface area contributed by atoms with Gasteiger partial charge in [0.15, 0.2) is 0 Å². The third-order valence-electron chi connectivity index (χ3n) is 5.78. The molecule has 2 aliphatic rings. The SMILES string of the molecule is O=C(NC1CCC(C(=O)O)CC1)NC(c1cccc(F)c1)C1CCCC1. The van der Waals surface area contributed by atoms with Gasteiger partial charge in [-0.1, -0.05) is 25.0 Å². The highest BCUT2D eigenvalue weighted by molar-refractivity contribution is 5.75. The molecule has 142 valence electrons. The van der Waals surface area contributed by atoms with Gasteiger partial charge in [0.2, 0.25) is 0 Å². The first-order chi connectivity index (χ1) is 12.5. The fraction of sp³-hybridized carbons (Fsp3) is 0.600. The Morgan fingerprint density at radius 3 is 2.38 bits per heavy atom. The van der Waals surface area contributed by atoms with Crippen LogP contribution in [-0.4, -0.2) is 23.1 Å². The summed E-state index contributed by atoms with van der Waals surface area (Å²) in [6.45, 7) is 0. The molecule has 2 aliphatic carbocycles. The van der Waals surface area contributed by atoms with Crippen molar-refractivity contribution in [3.05, 3.63) is 35.6 Å².